The van der Waals surface area contributed by atoms with Gasteiger partial charge in [-0.25, -0.2) is 0 Å². The van der Waals surface area contributed by atoms with Crippen LogP contribution in [0.25, 0.3) is 0 Å². The fraction of sp³-hybridized carbons (Fsp3) is 1.00. The molecular weight excluding hydrogens is 244 g/mol. The van der Waals surface area contributed by atoms with E-state index in [0.29, 0.717) is 6.04 Å². The van der Waals surface area contributed by atoms with Gasteiger partial charge in [-0.3, -0.25) is 11.3 Å². The van der Waals surface area contributed by atoms with Crippen LogP contribution in [0.15, 0.2) is 0 Å². The van der Waals surface area contributed by atoms with Crippen molar-refractivity contribution in [3.05, 3.63) is 0 Å². The minimum absolute atomic E-state index is 0.564. The minimum Gasteiger partial charge on any atom is -0.271 e. The average molecular weight is 283 g/mol. The Bertz CT molecular complexity index is 198. The Morgan fingerprint density at radius 2 is 1.50 bits per heavy atom. The normalized spacial score (nSPS) is 18.9. The van der Waals surface area contributed by atoms with Gasteiger partial charge in [-0.2, -0.15) is 0 Å². The van der Waals surface area contributed by atoms with Crippen molar-refractivity contribution in [3.8, 4) is 0 Å². The third kappa shape index (κ3) is 8.97. The van der Waals surface area contributed by atoms with E-state index >= 15 is 0 Å². The van der Waals surface area contributed by atoms with Crippen molar-refractivity contribution in [2.45, 2.75) is 109 Å². The number of nitrogens with two attached hydrogens (primary N) is 1. The highest BCUT2D eigenvalue weighted by molar-refractivity contribution is 4.72. The average Bonchev–Trinajstić information content (AvgIpc) is 2.73. The second-order valence-corrected chi connectivity index (χ2v) is 6.87. The summed E-state index contributed by atoms with van der Waals surface area (Å²) in [6.07, 6.45) is 21.0. The fourth-order valence-electron chi connectivity index (χ4n) is 3.62. The standard InChI is InChI=1S/C18H38N2/c1-2-3-4-5-6-7-12-15-18(20-19)16-17-13-10-8-9-11-14-17/h17-18,20H,2-16,19H2,1H3. The van der Waals surface area contributed by atoms with Crippen LogP contribution in [0.3, 0.4) is 0 Å². The first-order valence-corrected chi connectivity index (χ1v) is 9.33. The largest absolute Gasteiger partial charge is 0.271 e. The number of hydrogen-bond acceptors (Lipinski definition) is 2. The first-order valence-electron chi connectivity index (χ1n) is 9.33. The zero-order chi connectivity index (χ0) is 14.5. The maximum absolute atomic E-state index is 5.76. The highest BCUT2D eigenvalue weighted by Crippen LogP contribution is 2.27. The predicted molar refractivity (Wildman–Crippen MR) is 89.5 cm³/mol. The fourth-order valence-corrected chi connectivity index (χ4v) is 3.62. The lowest BCUT2D eigenvalue weighted by molar-refractivity contribution is 0.335. The van der Waals surface area contributed by atoms with Crippen molar-refractivity contribution in [1.29, 1.82) is 0 Å². The van der Waals surface area contributed by atoms with Crippen LogP contribution >= 0.6 is 0 Å². The van der Waals surface area contributed by atoms with Crippen LogP contribution in [0.4, 0.5) is 0 Å². The first kappa shape index (κ1) is 18.0. The highest BCUT2D eigenvalue weighted by Gasteiger charge is 2.17. The summed E-state index contributed by atoms with van der Waals surface area (Å²) in [7, 11) is 0. The Kier molecular flexibility index (Phi) is 11.4. The summed E-state index contributed by atoms with van der Waals surface area (Å²) < 4.78 is 0. The van der Waals surface area contributed by atoms with E-state index in [4.69, 9.17) is 5.84 Å². The molecule has 0 amide bonds. The van der Waals surface area contributed by atoms with Crippen LogP contribution in [0, 0.1) is 5.92 Å². The predicted octanol–water partition coefficient (Wildman–Crippen LogP) is 5.32. The lowest BCUT2D eigenvalue weighted by atomic mass is 9.90. The summed E-state index contributed by atoms with van der Waals surface area (Å²) in [5.41, 5.74) is 3.08. The molecule has 0 bridgehead atoms. The molecule has 0 aromatic carbocycles. The Balaban J connectivity index is 2.03. The van der Waals surface area contributed by atoms with E-state index in [0.717, 1.165) is 5.92 Å². The molecular formula is C18H38N2. The van der Waals surface area contributed by atoms with Crippen molar-refractivity contribution in [2.75, 3.05) is 0 Å². The van der Waals surface area contributed by atoms with Crippen molar-refractivity contribution in [3.63, 3.8) is 0 Å². The smallest absolute Gasteiger partial charge is 0.0213 e. The lowest BCUT2D eigenvalue weighted by Crippen LogP contribution is -2.36. The molecule has 2 nitrogen and oxygen atoms in total. The van der Waals surface area contributed by atoms with Gasteiger partial charge in [-0.15, -0.1) is 0 Å². The zero-order valence-electron chi connectivity index (χ0n) is 13.8. The van der Waals surface area contributed by atoms with Crippen LogP contribution in [0.2, 0.25) is 0 Å². The highest BCUT2D eigenvalue weighted by atomic mass is 15.2. The Morgan fingerprint density at radius 3 is 2.10 bits per heavy atom. The molecule has 3 N–H and O–H groups in total. The molecule has 0 spiro atoms. The van der Waals surface area contributed by atoms with E-state index in [1.54, 1.807) is 0 Å². The Hall–Kier alpha value is -0.0800. The quantitative estimate of drug-likeness (QED) is 0.233. The summed E-state index contributed by atoms with van der Waals surface area (Å²) in [5, 5.41) is 0. The third-order valence-electron chi connectivity index (χ3n) is 4.98. The summed E-state index contributed by atoms with van der Waals surface area (Å²) in [6.45, 7) is 2.28. The van der Waals surface area contributed by atoms with Gasteiger partial charge in [-0.1, -0.05) is 90.4 Å². The summed E-state index contributed by atoms with van der Waals surface area (Å²) in [5.74, 6) is 6.69. The molecule has 120 valence electrons. The molecule has 0 aliphatic heterocycles. The molecule has 1 unspecified atom stereocenters. The molecule has 0 radical (unpaired) electrons. The second kappa shape index (κ2) is 12.6. The SMILES string of the molecule is CCCCCCCCCC(CC1CCCCCC1)NN. The molecule has 0 saturated heterocycles. The Morgan fingerprint density at radius 1 is 0.900 bits per heavy atom. The number of rotatable bonds is 11. The lowest BCUT2D eigenvalue weighted by Gasteiger charge is -2.22. The first-order chi connectivity index (χ1) is 9.86. The molecule has 0 aromatic rings. The number of hydrogen-bond donors (Lipinski definition) is 2. The third-order valence-corrected chi connectivity index (χ3v) is 4.98. The van der Waals surface area contributed by atoms with Gasteiger partial charge >= 0.3 is 0 Å². The van der Waals surface area contributed by atoms with Gasteiger partial charge in [0.1, 0.15) is 0 Å². The topological polar surface area (TPSA) is 38.0 Å². The summed E-state index contributed by atoms with van der Waals surface area (Å²) in [6, 6.07) is 0.564. The van der Waals surface area contributed by atoms with Crippen molar-refractivity contribution in [1.82, 2.24) is 5.43 Å². The van der Waals surface area contributed by atoms with Crippen LogP contribution in [-0.2, 0) is 0 Å². The van der Waals surface area contributed by atoms with Gasteiger partial charge in [0.05, 0.1) is 0 Å². The van der Waals surface area contributed by atoms with Gasteiger partial charge in [0.2, 0.25) is 0 Å². The second-order valence-electron chi connectivity index (χ2n) is 6.87. The van der Waals surface area contributed by atoms with Crippen molar-refractivity contribution in [2.24, 2.45) is 11.8 Å². The Labute approximate surface area is 127 Å². The van der Waals surface area contributed by atoms with E-state index in [-0.39, 0.29) is 0 Å². The maximum Gasteiger partial charge on any atom is 0.0213 e. The number of hydrazine groups is 1. The summed E-state index contributed by atoms with van der Waals surface area (Å²) >= 11 is 0. The van der Waals surface area contributed by atoms with E-state index in [1.807, 2.05) is 0 Å². The molecule has 2 heteroatoms. The van der Waals surface area contributed by atoms with E-state index in [9.17, 15) is 0 Å². The van der Waals surface area contributed by atoms with Gasteiger partial charge in [0.15, 0.2) is 0 Å². The monoisotopic (exact) mass is 282 g/mol. The molecule has 1 rings (SSSR count). The van der Waals surface area contributed by atoms with Crippen molar-refractivity contribution >= 4 is 0 Å². The van der Waals surface area contributed by atoms with Gasteiger partial charge < -0.3 is 0 Å². The minimum atomic E-state index is 0.564. The van der Waals surface area contributed by atoms with E-state index in [1.165, 1.54) is 96.3 Å². The number of nitrogens with one attached hydrogen (secondary N) is 1. The molecule has 1 fully saturated rings. The molecule has 1 atom stereocenters. The van der Waals surface area contributed by atoms with Crippen molar-refractivity contribution < 1.29 is 0 Å². The maximum atomic E-state index is 5.76. The van der Waals surface area contributed by atoms with Crippen LogP contribution in [-0.4, -0.2) is 6.04 Å². The van der Waals surface area contributed by atoms with Gasteiger partial charge in [0, 0.05) is 6.04 Å². The van der Waals surface area contributed by atoms with E-state index < -0.39 is 0 Å². The van der Waals surface area contributed by atoms with Crippen LogP contribution in [0.1, 0.15) is 103 Å². The van der Waals surface area contributed by atoms with Crippen LogP contribution < -0.4 is 11.3 Å². The molecule has 20 heavy (non-hydrogen) atoms. The van der Waals surface area contributed by atoms with Gasteiger partial charge in [-0.05, 0) is 18.8 Å². The number of unbranched alkanes of at least 4 members (excludes halogenated alkanes) is 6. The molecule has 1 saturated carbocycles. The summed E-state index contributed by atoms with van der Waals surface area (Å²) in [4.78, 5) is 0. The zero-order valence-corrected chi connectivity index (χ0v) is 13.8. The van der Waals surface area contributed by atoms with E-state index in [2.05, 4.69) is 12.3 Å². The molecule has 1 aliphatic rings. The molecule has 0 heterocycles. The van der Waals surface area contributed by atoms with Gasteiger partial charge in [0.25, 0.3) is 0 Å². The van der Waals surface area contributed by atoms with Crippen LogP contribution in [0.5, 0.6) is 0 Å². The molecule has 0 aromatic heterocycles. The molecule has 1 aliphatic carbocycles.